The monoisotopic (exact) mass is 237 g/mol. The molecule has 71 valence electrons. The fraction of sp³-hybridized carbons (Fsp3) is 0. The van der Waals surface area contributed by atoms with Gasteiger partial charge < -0.3 is 4.18 Å². The number of hydrogen-bond donors (Lipinski definition) is 1. The molecule has 0 aliphatic carbocycles. The molecule has 0 atom stereocenters. The van der Waals surface area contributed by atoms with Gasteiger partial charge in [0.05, 0.1) is 0 Å². The summed E-state index contributed by atoms with van der Waals surface area (Å²) < 4.78 is 32.6. The van der Waals surface area contributed by atoms with Gasteiger partial charge in [-0.15, -0.1) is 0 Å². The van der Waals surface area contributed by atoms with Gasteiger partial charge in [0.25, 0.3) is 0 Å². The van der Waals surface area contributed by atoms with Crippen LogP contribution in [-0.2, 0) is 27.5 Å². The summed E-state index contributed by atoms with van der Waals surface area (Å²) in [7, 11) is -4.38. The first-order chi connectivity index (χ1) is 5.08. The molecule has 1 aromatic rings. The average Bonchev–Trinajstić information content (AvgIpc) is 1.85. The number of hydrogen-bond acceptors (Lipinski definition) is 3. The Morgan fingerprint density at radius 1 is 1.17 bits per heavy atom. The molecule has 0 unspecified atom stereocenters. The van der Waals surface area contributed by atoms with E-state index in [-0.39, 0.29) is 22.8 Å². The summed E-state index contributed by atoms with van der Waals surface area (Å²) in [6, 6.07) is 7.75. The van der Waals surface area contributed by atoms with E-state index in [9.17, 15) is 8.42 Å². The quantitative estimate of drug-likeness (QED) is 0.612. The molecule has 0 aliphatic heterocycles. The minimum atomic E-state index is -4.38. The smallest absolute Gasteiger partial charge is 0.362 e. The molecule has 4 nitrogen and oxygen atoms in total. The maximum atomic E-state index is 10.1. The second-order valence-electron chi connectivity index (χ2n) is 1.82. The molecule has 1 rings (SSSR count). The molecule has 0 saturated carbocycles. The molecule has 1 N–H and O–H groups in total. The number of benzene rings is 1. The van der Waals surface area contributed by atoms with Crippen molar-refractivity contribution < 1.29 is 34.2 Å². The Balaban J connectivity index is 0.00000121. The summed E-state index contributed by atoms with van der Waals surface area (Å²) >= 11 is 0. The Bertz CT molecular complexity index is 321. The Hall–Kier alpha value is -0.551. The second-order valence-corrected chi connectivity index (χ2v) is 2.85. The van der Waals surface area contributed by atoms with Crippen molar-refractivity contribution in [2.24, 2.45) is 0 Å². The third-order valence-corrected chi connectivity index (χ3v) is 1.35. The van der Waals surface area contributed by atoms with Gasteiger partial charge in [0.15, 0.2) is 0 Å². The first-order valence-electron chi connectivity index (χ1n) is 2.80. The molecule has 0 heterocycles. The summed E-state index contributed by atoms with van der Waals surface area (Å²) in [5.74, 6) is 0.0926. The van der Waals surface area contributed by atoms with Crippen LogP contribution >= 0.6 is 0 Å². The van der Waals surface area contributed by atoms with Crippen LogP contribution in [0.3, 0.4) is 0 Å². The van der Waals surface area contributed by atoms with Gasteiger partial charge in [0, 0.05) is 17.1 Å². The summed E-state index contributed by atoms with van der Waals surface area (Å²) in [4.78, 5) is 0. The second kappa shape index (κ2) is 4.47. The average molecular weight is 238 g/mol. The van der Waals surface area contributed by atoms with Crippen LogP contribution in [0.4, 0.5) is 0 Å². The van der Waals surface area contributed by atoms with Crippen molar-refractivity contribution in [1.29, 1.82) is 0 Å². The van der Waals surface area contributed by atoms with Gasteiger partial charge in [-0.2, -0.15) is 8.42 Å². The molecule has 1 radical (unpaired) electrons. The van der Waals surface area contributed by atoms with Crippen LogP contribution in [0.1, 0.15) is 0 Å². The maximum Gasteiger partial charge on any atom is 0.446 e. The van der Waals surface area contributed by atoms with Crippen molar-refractivity contribution in [2.75, 3.05) is 0 Å². The van der Waals surface area contributed by atoms with Gasteiger partial charge in [-0.3, -0.25) is 4.55 Å². The summed E-state index contributed by atoms with van der Waals surface area (Å²) in [5.41, 5.74) is 0. The Kier molecular flexibility index (Phi) is 4.26. The minimum Gasteiger partial charge on any atom is -0.362 e. The SMILES string of the molecule is O=S(=O)(O)Oc1ccccc1.[Cu]. The van der Waals surface area contributed by atoms with E-state index in [4.69, 9.17) is 4.55 Å². The van der Waals surface area contributed by atoms with Crippen molar-refractivity contribution in [2.45, 2.75) is 0 Å². The molecule has 0 bridgehead atoms. The zero-order valence-corrected chi connectivity index (χ0v) is 7.53. The standard InChI is InChI=1S/C6H6O4S.Cu/c7-11(8,9)10-6-4-2-1-3-5-6;/h1-5H,(H,7,8,9);. The van der Waals surface area contributed by atoms with Gasteiger partial charge in [0.2, 0.25) is 0 Å². The van der Waals surface area contributed by atoms with E-state index in [0.717, 1.165) is 0 Å². The molecule has 0 saturated heterocycles. The predicted octanol–water partition coefficient (Wildman–Crippen LogP) is 0.866. The molecule has 0 aliphatic rings. The molecular formula is C6H6CuO4S. The van der Waals surface area contributed by atoms with Gasteiger partial charge in [-0.25, -0.2) is 0 Å². The van der Waals surface area contributed by atoms with Crippen molar-refractivity contribution in [1.82, 2.24) is 0 Å². The van der Waals surface area contributed by atoms with Crippen LogP contribution in [0.2, 0.25) is 0 Å². The van der Waals surface area contributed by atoms with E-state index in [2.05, 4.69) is 4.18 Å². The molecule has 1 aromatic carbocycles. The van der Waals surface area contributed by atoms with Gasteiger partial charge in [-0.05, 0) is 12.1 Å². The first-order valence-corrected chi connectivity index (χ1v) is 4.16. The molecule has 0 fully saturated rings. The van der Waals surface area contributed by atoms with E-state index >= 15 is 0 Å². The van der Waals surface area contributed by atoms with Crippen molar-refractivity contribution in [3.8, 4) is 5.75 Å². The number of para-hydroxylation sites is 1. The Morgan fingerprint density at radius 3 is 2.08 bits per heavy atom. The van der Waals surface area contributed by atoms with Gasteiger partial charge >= 0.3 is 10.4 Å². The third-order valence-electron chi connectivity index (χ3n) is 0.945. The summed E-state index contributed by atoms with van der Waals surface area (Å²) in [6.07, 6.45) is 0. The van der Waals surface area contributed by atoms with E-state index < -0.39 is 10.4 Å². The van der Waals surface area contributed by atoms with E-state index in [1.165, 1.54) is 12.1 Å². The van der Waals surface area contributed by atoms with Crippen molar-refractivity contribution in [3.05, 3.63) is 30.3 Å². The van der Waals surface area contributed by atoms with Gasteiger partial charge in [0.1, 0.15) is 5.75 Å². The predicted molar refractivity (Wildman–Crippen MR) is 38.6 cm³/mol. The topological polar surface area (TPSA) is 63.6 Å². The van der Waals surface area contributed by atoms with Crippen LogP contribution < -0.4 is 4.18 Å². The maximum absolute atomic E-state index is 10.1. The molecule has 0 amide bonds. The summed E-state index contributed by atoms with van der Waals surface area (Å²) in [6.45, 7) is 0. The normalized spacial score (nSPS) is 10.1. The fourth-order valence-electron chi connectivity index (χ4n) is 0.598. The first kappa shape index (κ1) is 11.4. The van der Waals surface area contributed by atoms with E-state index in [1.807, 2.05) is 0 Å². The number of rotatable bonds is 2. The van der Waals surface area contributed by atoms with E-state index in [0.29, 0.717) is 0 Å². The van der Waals surface area contributed by atoms with Gasteiger partial charge in [-0.1, -0.05) is 18.2 Å². The van der Waals surface area contributed by atoms with Crippen LogP contribution in [0, 0.1) is 0 Å². The molecule has 0 spiro atoms. The summed E-state index contributed by atoms with van der Waals surface area (Å²) in [5, 5.41) is 0. The van der Waals surface area contributed by atoms with Crippen LogP contribution in [0.5, 0.6) is 5.75 Å². The van der Waals surface area contributed by atoms with Crippen LogP contribution in [-0.4, -0.2) is 13.0 Å². The molecule has 0 aromatic heterocycles. The Labute approximate surface area is 81.0 Å². The zero-order valence-electron chi connectivity index (χ0n) is 5.77. The van der Waals surface area contributed by atoms with E-state index in [1.54, 1.807) is 18.2 Å². The fourth-order valence-corrected chi connectivity index (χ4v) is 0.952. The molecule has 6 heteroatoms. The van der Waals surface area contributed by atoms with Crippen LogP contribution in [0.25, 0.3) is 0 Å². The molecule has 12 heavy (non-hydrogen) atoms. The Morgan fingerprint density at radius 2 is 1.67 bits per heavy atom. The van der Waals surface area contributed by atoms with Crippen molar-refractivity contribution in [3.63, 3.8) is 0 Å². The largest absolute Gasteiger partial charge is 0.446 e. The van der Waals surface area contributed by atoms with Crippen molar-refractivity contribution >= 4 is 10.4 Å². The zero-order chi connectivity index (χ0) is 8.32. The minimum absolute atomic E-state index is 0. The molecular weight excluding hydrogens is 232 g/mol. The third kappa shape index (κ3) is 4.35. The van der Waals surface area contributed by atoms with Crippen LogP contribution in [0.15, 0.2) is 30.3 Å².